The number of aryl methyl sites for hydroxylation is 2. The zero-order valence-electron chi connectivity index (χ0n) is 18.0. The number of carbonyl (C=O) groups excluding carboxylic acids is 1. The van der Waals surface area contributed by atoms with Crippen LogP contribution in [0.2, 0.25) is 0 Å². The third-order valence-corrected chi connectivity index (χ3v) is 5.15. The molecule has 5 rings (SSSR count). The van der Waals surface area contributed by atoms with E-state index in [1.807, 2.05) is 31.2 Å². The lowest BCUT2D eigenvalue weighted by atomic mass is 10.2. The Balaban J connectivity index is 1.58. The highest BCUT2D eigenvalue weighted by molar-refractivity contribution is 6.04. The Labute approximate surface area is 190 Å². The predicted octanol–water partition coefficient (Wildman–Crippen LogP) is 3.44. The van der Waals surface area contributed by atoms with Gasteiger partial charge in [0.25, 0.3) is 11.5 Å². The number of hydrogen-bond acceptors (Lipinski definition) is 5. The minimum Gasteiger partial charge on any atom is -0.306 e. The number of H-pyrrole nitrogens is 1. The van der Waals surface area contributed by atoms with E-state index < -0.39 is 23.1 Å². The molecule has 3 heterocycles. The number of fused-ring (bicyclic) bond motifs is 1. The van der Waals surface area contributed by atoms with Crippen LogP contribution in [0.5, 0.6) is 0 Å². The first-order valence-corrected chi connectivity index (χ1v) is 10.2. The first kappa shape index (κ1) is 21.2. The Morgan fingerprint density at radius 2 is 1.79 bits per heavy atom. The molecule has 0 fully saturated rings. The van der Waals surface area contributed by atoms with Crippen molar-refractivity contribution in [1.82, 2.24) is 29.5 Å². The van der Waals surface area contributed by atoms with Gasteiger partial charge in [0.05, 0.1) is 23.1 Å². The van der Waals surface area contributed by atoms with Crippen molar-refractivity contribution in [2.75, 3.05) is 5.32 Å². The third kappa shape index (κ3) is 3.72. The monoisotopic (exact) mass is 461 g/mol. The minimum absolute atomic E-state index is 0.0225. The molecule has 0 aliphatic carbocycles. The van der Waals surface area contributed by atoms with Crippen LogP contribution in [0, 0.1) is 25.5 Å². The lowest BCUT2D eigenvalue weighted by Crippen LogP contribution is -2.19. The highest BCUT2D eigenvalue weighted by atomic mass is 19.1. The number of halogens is 2. The molecule has 0 aliphatic rings. The summed E-state index contributed by atoms with van der Waals surface area (Å²) in [5.74, 6) is -2.46. The molecule has 170 valence electrons. The molecule has 11 heteroatoms. The summed E-state index contributed by atoms with van der Waals surface area (Å²) in [5, 5.41) is 11.4. The van der Waals surface area contributed by atoms with E-state index >= 15 is 0 Å². The fourth-order valence-corrected chi connectivity index (χ4v) is 3.49. The van der Waals surface area contributed by atoms with Gasteiger partial charge in [-0.25, -0.2) is 13.5 Å². The second-order valence-corrected chi connectivity index (χ2v) is 7.68. The lowest BCUT2D eigenvalue weighted by molar-refractivity contribution is 0.102. The number of aromatic amines is 1. The van der Waals surface area contributed by atoms with Crippen molar-refractivity contribution in [2.24, 2.45) is 0 Å². The van der Waals surface area contributed by atoms with E-state index in [1.54, 1.807) is 6.92 Å². The average molecular weight is 461 g/mol. The van der Waals surface area contributed by atoms with E-state index in [2.05, 4.69) is 25.5 Å². The van der Waals surface area contributed by atoms with Gasteiger partial charge in [-0.05, 0) is 38.1 Å². The molecule has 2 aromatic carbocycles. The molecule has 2 N–H and O–H groups in total. The van der Waals surface area contributed by atoms with Gasteiger partial charge in [0, 0.05) is 12.1 Å². The van der Waals surface area contributed by atoms with Crippen molar-refractivity contribution < 1.29 is 13.6 Å². The van der Waals surface area contributed by atoms with Crippen LogP contribution in [0.4, 0.5) is 14.6 Å². The van der Waals surface area contributed by atoms with Gasteiger partial charge >= 0.3 is 0 Å². The second-order valence-electron chi connectivity index (χ2n) is 7.68. The Bertz CT molecular complexity index is 1620. The summed E-state index contributed by atoms with van der Waals surface area (Å²) < 4.78 is 30.0. The van der Waals surface area contributed by atoms with Crippen molar-refractivity contribution >= 4 is 22.8 Å². The molecule has 0 atom stereocenters. The summed E-state index contributed by atoms with van der Waals surface area (Å²) in [6.07, 6.45) is 1.42. The van der Waals surface area contributed by atoms with Crippen LogP contribution in [0.25, 0.3) is 22.7 Å². The molecule has 1 amide bonds. The summed E-state index contributed by atoms with van der Waals surface area (Å²) in [4.78, 5) is 32.5. The summed E-state index contributed by atoms with van der Waals surface area (Å²) in [6.45, 7) is 3.64. The number of aromatic nitrogens is 6. The van der Waals surface area contributed by atoms with E-state index in [-0.39, 0.29) is 28.4 Å². The molecule has 3 aromatic heterocycles. The van der Waals surface area contributed by atoms with Gasteiger partial charge in [0.15, 0.2) is 5.65 Å². The number of amides is 1. The van der Waals surface area contributed by atoms with Crippen LogP contribution in [0.3, 0.4) is 0 Å². The first-order chi connectivity index (χ1) is 16.3. The van der Waals surface area contributed by atoms with Crippen LogP contribution in [0.1, 0.15) is 21.6 Å². The van der Waals surface area contributed by atoms with Crippen LogP contribution in [-0.2, 0) is 0 Å². The molecule has 9 nitrogen and oxygen atoms in total. The van der Waals surface area contributed by atoms with Crippen LogP contribution >= 0.6 is 0 Å². The molecule has 5 aromatic rings. The number of carbonyl (C=O) groups is 1. The predicted molar refractivity (Wildman–Crippen MR) is 120 cm³/mol. The van der Waals surface area contributed by atoms with E-state index in [0.29, 0.717) is 17.4 Å². The first-order valence-electron chi connectivity index (χ1n) is 10.2. The number of nitrogens with one attached hydrogen (secondary N) is 2. The van der Waals surface area contributed by atoms with E-state index in [0.717, 1.165) is 17.7 Å². The zero-order valence-corrected chi connectivity index (χ0v) is 18.0. The van der Waals surface area contributed by atoms with Crippen molar-refractivity contribution in [3.05, 3.63) is 93.5 Å². The summed E-state index contributed by atoms with van der Waals surface area (Å²) in [7, 11) is 0. The number of benzene rings is 2. The number of anilines is 1. The molecular weight excluding hydrogens is 444 g/mol. The highest BCUT2D eigenvalue weighted by Crippen LogP contribution is 2.19. The molecule has 0 bridgehead atoms. The normalized spacial score (nSPS) is 11.2. The minimum atomic E-state index is -1.00. The molecular formula is C23H17F2N7O2. The average Bonchev–Trinajstić information content (AvgIpc) is 3.38. The largest absolute Gasteiger partial charge is 0.306 e. The Morgan fingerprint density at radius 1 is 1.03 bits per heavy atom. The summed E-state index contributed by atoms with van der Waals surface area (Å²) in [5.41, 5.74) is 1.77. The van der Waals surface area contributed by atoms with Crippen molar-refractivity contribution in [2.45, 2.75) is 13.8 Å². The van der Waals surface area contributed by atoms with Crippen molar-refractivity contribution in [1.29, 1.82) is 0 Å². The Morgan fingerprint density at radius 3 is 2.53 bits per heavy atom. The third-order valence-electron chi connectivity index (χ3n) is 5.15. The van der Waals surface area contributed by atoms with Gasteiger partial charge in [-0.2, -0.15) is 19.9 Å². The SMILES string of the molecule is Cc1ccc(-n2ncc3c(=O)[nH]c(-n4nc(C)cc4NC(=O)c4ccc(F)cc4F)nc32)cc1. The van der Waals surface area contributed by atoms with Gasteiger partial charge in [-0.3, -0.25) is 14.6 Å². The van der Waals surface area contributed by atoms with E-state index in [4.69, 9.17) is 0 Å². The smallest absolute Gasteiger partial charge is 0.263 e. The molecule has 0 spiro atoms. The maximum atomic E-state index is 14.1. The standard InChI is InChI=1S/C23H17F2N7O2/c1-12-3-6-15(7-4-12)31-20-17(11-26-31)22(34)29-23(28-20)32-19(9-13(2)30-32)27-21(33)16-8-5-14(24)10-18(16)25/h3-11H,1-2H3,(H,27,33)(H,28,29,34). The van der Waals surface area contributed by atoms with Crippen molar-refractivity contribution in [3.8, 4) is 11.6 Å². The van der Waals surface area contributed by atoms with Crippen LogP contribution < -0.4 is 10.9 Å². The summed E-state index contributed by atoms with van der Waals surface area (Å²) in [6, 6.07) is 11.7. The Kier molecular flexibility index (Phi) is 5.01. The van der Waals surface area contributed by atoms with Gasteiger partial charge in [-0.15, -0.1) is 0 Å². The van der Waals surface area contributed by atoms with E-state index in [1.165, 1.54) is 21.6 Å². The molecule has 0 unspecified atom stereocenters. The molecule has 34 heavy (non-hydrogen) atoms. The second kappa shape index (κ2) is 8.03. The quantitative estimate of drug-likeness (QED) is 0.426. The number of hydrogen-bond donors (Lipinski definition) is 2. The number of rotatable bonds is 4. The summed E-state index contributed by atoms with van der Waals surface area (Å²) >= 11 is 0. The lowest BCUT2D eigenvalue weighted by Gasteiger charge is -2.09. The van der Waals surface area contributed by atoms with Crippen LogP contribution in [0.15, 0.2) is 59.5 Å². The van der Waals surface area contributed by atoms with Crippen LogP contribution in [-0.4, -0.2) is 35.4 Å². The molecule has 0 saturated carbocycles. The maximum Gasteiger partial charge on any atom is 0.263 e. The number of nitrogens with zero attached hydrogens (tertiary/aromatic N) is 5. The topological polar surface area (TPSA) is 110 Å². The zero-order chi connectivity index (χ0) is 24.0. The maximum absolute atomic E-state index is 14.1. The van der Waals surface area contributed by atoms with Gasteiger partial charge in [-0.1, -0.05) is 17.7 Å². The van der Waals surface area contributed by atoms with Gasteiger partial charge in [0.1, 0.15) is 22.8 Å². The molecule has 0 aliphatic heterocycles. The highest BCUT2D eigenvalue weighted by Gasteiger charge is 2.19. The molecule has 0 saturated heterocycles. The van der Waals surface area contributed by atoms with Gasteiger partial charge in [0.2, 0.25) is 5.95 Å². The fraction of sp³-hybridized carbons (Fsp3) is 0.0870. The van der Waals surface area contributed by atoms with E-state index in [9.17, 15) is 18.4 Å². The molecule has 0 radical (unpaired) electrons. The van der Waals surface area contributed by atoms with Gasteiger partial charge < -0.3 is 5.32 Å². The fourth-order valence-electron chi connectivity index (χ4n) is 3.49. The Hall–Kier alpha value is -4.67. The van der Waals surface area contributed by atoms with Crippen molar-refractivity contribution in [3.63, 3.8) is 0 Å².